The summed E-state index contributed by atoms with van der Waals surface area (Å²) in [6, 6.07) is 13.0. The van der Waals surface area contributed by atoms with Gasteiger partial charge in [0, 0.05) is 44.1 Å². The van der Waals surface area contributed by atoms with E-state index in [-0.39, 0.29) is 11.8 Å². The number of hydrogen-bond donors (Lipinski definition) is 1. The van der Waals surface area contributed by atoms with Gasteiger partial charge in [0.15, 0.2) is 0 Å². The largest absolute Gasteiger partial charge is 0.377 e. The van der Waals surface area contributed by atoms with Crippen molar-refractivity contribution in [3.8, 4) is 0 Å². The molecule has 0 aliphatic heterocycles. The Morgan fingerprint density at radius 1 is 0.926 bits per heavy atom. The zero-order valence-corrected chi connectivity index (χ0v) is 16.9. The number of amides is 2. The molecule has 144 valence electrons. The van der Waals surface area contributed by atoms with Crippen molar-refractivity contribution < 1.29 is 9.59 Å². The van der Waals surface area contributed by atoms with Crippen LogP contribution in [-0.4, -0.2) is 43.9 Å². The van der Waals surface area contributed by atoms with E-state index in [4.69, 9.17) is 0 Å². The smallest absolute Gasteiger partial charge is 0.256 e. The van der Waals surface area contributed by atoms with Crippen LogP contribution in [0.2, 0.25) is 0 Å². The molecule has 0 heterocycles. The van der Waals surface area contributed by atoms with E-state index >= 15 is 0 Å². The molecular formula is C22H29N3O2. The first-order valence-electron chi connectivity index (χ1n) is 9.42. The van der Waals surface area contributed by atoms with Gasteiger partial charge in [-0.1, -0.05) is 19.1 Å². The Labute approximate surface area is 162 Å². The summed E-state index contributed by atoms with van der Waals surface area (Å²) >= 11 is 0. The predicted molar refractivity (Wildman–Crippen MR) is 112 cm³/mol. The molecule has 0 aliphatic carbocycles. The van der Waals surface area contributed by atoms with Crippen molar-refractivity contribution in [1.82, 2.24) is 4.90 Å². The lowest BCUT2D eigenvalue weighted by Crippen LogP contribution is -2.31. The monoisotopic (exact) mass is 367 g/mol. The number of anilines is 2. The summed E-state index contributed by atoms with van der Waals surface area (Å²) in [5.41, 5.74) is 3.81. The Morgan fingerprint density at radius 2 is 1.56 bits per heavy atom. The van der Waals surface area contributed by atoms with Gasteiger partial charge >= 0.3 is 0 Å². The maximum Gasteiger partial charge on any atom is 0.256 e. The van der Waals surface area contributed by atoms with Crippen molar-refractivity contribution >= 4 is 23.2 Å². The number of carbonyl (C=O) groups excluding carboxylic acids is 2. The number of hydrogen-bond acceptors (Lipinski definition) is 3. The van der Waals surface area contributed by atoms with E-state index in [9.17, 15) is 9.59 Å². The second kappa shape index (κ2) is 9.21. The number of aryl methyl sites for hydroxylation is 1. The van der Waals surface area contributed by atoms with E-state index in [1.54, 1.807) is 11.0 Å². The summed E-state index contributed by atoms with van der Waals surface area (Å²) < 4.78 is 0. The number of nitrogens with zero attached hydrogens (tertiary/aromatic N) is 2. The molecule has 2 aromatic carbocycles. The Bertz CT molecular complexity index is 794. The Hall–Kier alpha value is -2.82. The van der Waals surface area contributed by atoms with Gasteiger partial charge in [0.1, 0.15) is 0 Å². The fraction of sp³-hybridized carbons (Fsp3) is 0.364. The maximum atomic E-state index is 12.9. The third-order valence-corrected chi connectivity index (χ3v) is 4.64. The highest BCUT2D eigenvalue weighted by Gasteiger charge is 2.19. The average Bonchev–Trinajstić information content (AvgIpc) is 2.68. The zero-order valence-electron chi connectivity index (χ0n) is 16.9. The van der Waals surface area contributed by atoms with Gasteiger partial charge in [0.25, 0.3) is 11.8 Å². The van der Waals surface area contributed by atoms with E-state index < -0.39 is 0 Å². The number of benzene rings is 2. The lowest BCUT2D eigenvalue weighted by atomic mass is 10.1. The molecule has 0 unspecified atom stereocenters. The van der Waals surface area contributed by atoms with Crippen molar-refractivity contribution in [2.45, 2.75) is 27.2 Å². The Balaban J connectivity index is 2.30. The Kier molecular flexibility index (Phi) is 6.99. The molecule has 27 heavy (non-hydrogen) atoms. The third kappa shape index (κ3) is 4.88. The molecule has 1 N–H and O–H groups in total. The van der Waals surface area contributed by atoms with E-state index in [1.165, 1.54) is 5.56 Å². The van der Waals surface area contributed by atoms with Gasteiger partial charge in [0.2, 0.25) is 0 Å². The van der Waals surface area contributed by atoms with Crippen molar-refractivity contribution in [2.75, 3.05) is 37.4 Å². The molecule has 0 radical (unpaired) electrons. The highest BCUT2D eigenvalue weighted by Crippen LogP contribution is 2.25. The molecule has 5 nitrogen and oxygen atoms in total. The standard InChI is InChI=1S/C22H29N3O2/c1-6-16-9-11-17(12-10-16)21(26)23-18-13-14-20(24(4)5)19(15-18)22(27)25(7-2)8-3/h9-15H,6-8H2,1-5H3,(H,23,26). The summed E-state index contributed by atoms with van der Waals surface area (Å²) in [6.07, 6.45) is 0.935. The van der Waals surface area contributed by atoms with Gasteiger partial charge in [-0.25, -0.2) is 0 Å². The topological polar surface area (TPSA) is 52.7 Å². The summed E-state index contributed by atoms with van der Waals surface area (Å²) in [7, 11) is 3.81. The second-order valence-corrected chi connectivity index (χ2v) is 6.61. The molecule has 5 heteroatoms. The maximum absolute atomic E-state index is 12.9. The minimum absolute atomic E-state index is 0.0351. The molecule has 2 aromatic rings. The van der Waals surface area contributed by atoms with Crippen molar-refractivity contribution in [3.05, 3.63) is 59.2 Å². The highest BCUT2D eigenvalue weighted by molar-refractivity contribution is 6.06. The van der Waals surface area contributed by atoms with Crippen LogP contribution >= 0.6 is 0 Å². The van der Waals surface area contributed by atoms with Gasteiger partial charge in [-0.05, 0) is 56.2 Å². The minimum Gasteiger partial charge on any atom is -0.377 e. The van der Waals surface area contributed by atoms with E-state index in [0.717, 1.165) is 12.1 Å². The van der Waals surface area contributed by atoms with Gasteiger partial charge in [-0.15, -0.1) is 0 Å². The molecule has 0 aliphatic rings. The molecule has 0 saturated carbocycles. The van der Waals surface area contributed by atoms with Crippen LogP contribution in [-0.2, 0) is 6.42 Å². The van der Waals surface area contributed by atoms with Gasteiger partial charge < -0.3 is 15.1 Å². The van der Waals surface area contributed by atoms with Crippen molar-refractivity contribution in [1.29, 1.82) is 0 Å². The summed E-state index contributed by atoms with van der Waals surface area (Å²) in [5, 5.41) is 2.90. The van der Waals surface area contributed by atoms with Crippen molar-refractivity contribution in [3.63, 3.8) is 0 Å². The number of rotatable bonds is 7. The van der Waals surface area contributed by atoms with E-state index in [0.29, 0.717) is 29.9 Å². The van der Waals surface area contributed by atoms with E-state index in [1.807, 2.05) is 69.2 Å². The Morgan fingerprint density at radius 3 is 2.07 bits per heavy atom. The predicted octanol–water partition coefficient (Wildman–Crippen LogP) is 4.05. The van der Waals surface area contributed by atoms with Crippen LogP contribution in [0.4, 0.5) is 11.4 Å². The van der Waals surface area contributed by atoms with Crippen molar-refractivity contribution in [2.24, 2.45) is 0 Å². The lowest BCUT2D eigenvalue weighted by molar-refractivity contribution is 0.0773. The first-order chi connectivity index (χ1) is 12.9. The van der Waals surface area contributed by atoms with Gasteiger partial charge in [0.05, 0.1) is 5.56 Å². The second-order valence-electron chi connectivity index (χ2n) is 6.61. The van der Waals surface area contributed by atoms with Gasteiger partial charge in [-0.3, -0.25) is 9.59 Å². The normalized spacial score (nSPS) is 10.4. The van der Waals surface area contributed by atoms with Crippen LogP contribution in [0, 0.1) is 0 Å². The molecule has 0 spiro atoms. The zero-order chi connectivity index (χ0) is 20.0. The van der Waals surface area contributed by atoms with Gasteiger partial charge in [-0.2, -0.15) is 0 Å². The molecule has 0 bridgehead atoms. The quantitative estimate of drug-likeness (QED) is 0.803. The molecule has 0 saturated heterocycles. The number of carbonyl (C=O) groups is 2. The fourth-order valence-corrected chi connectivity index (χ4v) is 2.95. The fourth-order valence-electron chi connectivity index (χ4n) is 2.95. The van der Waals surface area contributed by atoms with Crippen LogP contribution in [0.25, 0.3) is 0 Å². The summed E-state index contributed by atoms with van der Waals surface area (Å²) in [5.74, 6) is -0.219. The van der Waals surface area contributed by atoms with E-state index in [2.05, 4.69) is 12.2 Å². The summed E-state index contributed by atoms with van der Waals surface area (Å²) in [4.78, 5) is 29.1. The van der Waals surface area contributed by atoms with Crippen LogP contribution in [0.5, 0.6) is 0 Å². The molecule has 2 rings (SSSR count). The third-order valence-electron chi connectivity index (χ3n) is 4.64. The molecular weight excluding hydrogens is 338 g/mol. The molecule has 2 amide bonds. The number of nitrogens with one attached hydrogen (secondary N) is 1. The molecule has 0 atom stereocenters. The SMILES string of the molecule is CCc1ccc(C(=O)Nc2ccc(N(C)C)c(C(=O)N(CC)CC)c2)cc1. The van der Waals surface area contributed by atoms with Crippen LogP contribution in [0.15, 0.2) is 42.5 Å². The first kappa shape index (κ1) is 20.5. The minimum atomic E-state index is -0.184. The molecule has 0 aromatic heterocycles. The molecule has 0 fully saturated rings. The summed E-state index contributed by atoms with van der Waals surface area (Å²) in [6.45, 7) is 7.28. The lowest BCUT2D eigenvalue weighted by Gasteiger charge is -2.23. The van der Waals surface area contributed by atoms with Crippen LogP contribution in [0.1, 0.15) is 47.1 Å². The highest BCUT2D eigenvalue weighted by atomic mass is 16.2. The van der Waals surface area contributed by atoms with Crippen LogP contribution in [0.3, 0.4) is 0 Å². The van der Waals surface area contributed by atoms with Crippen LogP contribution < -0.4 is 10.2 Å². The average molecular weight is 367 g/mol. The first-order valence-corrected chi connectivity index (χ1v) is 9.42.